The second-order valence-electron chi connectivity index (χ2n) is 2.18. The van der Waals surface area contributed by atoms with Crippen molar-refractivity contribution in [3.63, 3.8) is 0 Å². The lowest BCUT2D eigenvalue weighted by Crippen LogP contribution is -2.12. The van der Waals surface area contributed by atoms with Crippen LogP contribution in [-0.2, 0) is 4.79 Å². The number of carbonyl (C=O) groups excluding carboxylic acids is 1. The quantitative estimate of drug-likeness (QED) is 0.694. The van der Waals surface area contributed by atoms with E-state index < -0.39 is 11.9 Å². The lowest BCUT2D eigenvalue weighted by atomic mass is 10.5. The van der Waals surface area contributed by atoms with Crippen molar-refractivity contribution in [3.8, 4) is 0 Å². The summed E-state index contributed by atoms with van der Waals surface area (Å²) >= 11 is 1.06. The molecule has 0 unspecified atom stereocenters. The van der Waals surface area contributed by atoms with E-state index in [0.29, 0.717) is 5.09 Å². The van der Waals surface area contributed by atoms with Crippen molar-refractivity contribution in [2.24, 2.45) is 5.73 Å². The lowest BCUT2D eigenvalue weighted by molar-refractivity contribution is -0.115. The van der Waals surface area contributed by atoms with Gasteiger partial charge in [-0.05, 0) is 12.1 Å². The maximum atomic E-state index is 10.4. The molecule has 0 radical (unpaired) electrons. The van der Waals surface area contributed by atoms with Gasteiger partial charge in [0.05, 0.1) is 5.75 Å². The molecular weight excluding hydrogens is 194 g/mol. The van der Waals surface area contributed by atoms with Crippen LogP contribution >= 0.6 is 11.8 Å². The molecule has 0 bridgehead atoms. The van der Waals surface area contributed by atoms with Crippen molar-refractivity contribution >= 4 is 23.6 Å². The van der Waals surface area contributed by atoms with Crippen LogP contribution in [0.2, 0.25) is 0 Å². The molecule has 0 aliphatic carbocycles. The molecule has 1 amide bonds. The van der Waals surface area contributed by atoms with Gasteiger partial charge in [-0.25, -0.2) is 4.79 Å². The Hall–Kier alpha value is -1.43. The number of amides is 1. The Labute approximate surface area is 77.9 Å². The molecule has 0 spiro atoms. The van der Waals surface area contributed by atoms with E-state index in [9.17, 15) is 9.59 Å². The van der Waals surface area contributed by atoms with Crippen LogP contribution in [-0.4, -0.2) is 22.7 Å². The fourth-order valence-electron chi connectivity index (χ4n) is 0.655. The summed E-state index contributed by atoms with van der Waals surface area (Å²) in [6, 6.07) is 2.81. The number of nitrogens with two attached hydrogens (primary N) is 1. The topological polar surface area (TPSA) is 93.5 Å². The number of hydrogen-bond donors (Lipinski definition) is 2. The van der Waals surface area contributed by atoms with Gasteiger partial charge in [-0.3, -0.25) is 4.79 Å². The van der Waals surface area contributed by atoms with E-state index in [1.54, 1.807) is 0 Å². The normalized spacial score (nSPS) is 9.85. The average Bonchev–Trinajstić information content (AvgIpc) is 2.48. The number of hydrogen-bond acceptors (Lipinski definition) is 4. The van der Waals surface area contributed by atoms with E-state index >= 15 is 0 Å². The molecule has 13 heavy (non-hydrogen) atoms. The first-order chi connectivity index (χ1) is 6.09. The summed E-state index contributed by atoms with van der Waals surface area (Å²) in [5, 5.41) is 8.85. The first kappa shape index (κ1) is 9.66. The second-order valence-corrected chi connectivity index (χ2v) is 3.16. The van der Waals surface area contributed by atoms with E-state index in [1.807, 2.05) is 0 Å². The van der Waals surface area contributed by atoms with Gasteiger partial charge in [-0.15, -0.1) is 0 Å². The minimum absolute atomic E-state index is 0.0760. The largest absolute Gasteiger partial charge is 0.475 e. The number of rotatable bonds is 4. The first-order valence-corrected chi connectivity index (χ1v) is 4.32. The molecule has 5 nitrogen and oxygen atoms in total. The molecule has 0 aromatic carbocycles. The minimum Gasteiger partial charge on any atom is -0.475 e. The third kappa shape index (κ3) is 2.83. The van der Waals surface area contributed by atoms with Crippen molar-refractivity contribution in [1.29, 1.82) is 0 Å². The van der Waals surface area contributed by atoms with E-state index in [4.69, 9.17) is 15.3 Å². The zero-order valence-electron chi connectivity index (χ0n) is 6.52. The molecule has 1 heterocycles. The highest BCUT2D eigenvalue weighted by Gasteiger charge is 2.09. The van der Waals surface area contributed by atoms with Crippen LogP contribution in [0.3, 0.4) is 0 Å². The SMILES string of the molecule is NC(=O)CSc1ccc(C(=O)O)o1. The summed E-state index contributed by atoms with van der Waals surface area (Å²) in [5.41, 5.74) is 4.89. The van der Waals surface area contributed by atoms with Gasteiger partial charge in [-0.1, -0.05) is 11.8 Å². The summed E-state index contributed by atoms with van der Waals surface area (Å²) < 4.78 is 4.85. The standard InChI is InChI=1S/C7H7NO4S/c8-5(9)3-13-6-2-1-4(12-6)7(10)11/h1-2H,3H2,(H2,8,9)(H,10,11). The number of thioether (sulfide) groups is 1. The highest BCUT2D eigenvalue weighted by atomic mass is 32.2. The number of carboxylic acid groups (broad SMARTS) is 1. The Bertz CT molecular complexity index is 333. The summed E-state index contributed by atoms with van der Waals surface area (Å²) in [5.74, 6) is -1.68. The highest BCUT2D eigenvalue weighted by Crippen LogP contribution is 2.20. The predicted octanol–water partition coefficient (Wildman–Crippen LogP) is 0.555. The number of furan rings is 1. The summed E-state index contributed by atoms with van der Waals surface area (Å²) in [6.45, 7) is 0. The first-order valence-electron chi connectivity index (χ1n) is 3.34. The van der Waals surface area contributed by atoms with Crippen molar-refractivity contribution in [1.82, 2.24) is 0 Å². The molecule has 70 valence electrons. The Kier molecular flexibility index (Phi) is 2.97. The molecule has 1 aromatic heterocycles. The van der Waals surface area contributed by atoms with Gasteiger partial charge in [-0.2, -0.15) is 0 Å². The Morgan fingerprint density at radius 1 is 1.54 bits per heavy atom. The van der Waals surface area contributed by atoms with Crippen molar-refractivity contribution < 1.29 is 19.1 Å². The number of primary amides is 1. The lowest BCUT2D eigenvalue weighted by Gasteiger charge is -1.91. The molecule has 0 aliphatic rings. The smallest absolute Gasteiger partial charge is 0.371 e. The second kappa shape index (κ2) is 3.99. The van der Waals surface area contributed by atoms with Gasteiger partial charge in [0.1, 0.15) is 0 Å². The van der Waals surface area contributed by atoms with E-state index in [2.05, 4.69) is 0 Å². The molecule has 6 heteroatoms. The van der Waals surface area contributed by atoms with Crippen LogP contribution in [0.25, 0.3) is 0 Å². The summed E-state index contributed by atoms with van der Waals surface area (Å²) in [7, 11) is 0. The van der Waals surface area contributed by atoms with Gasteiger partial charge >= 0.3 is 5.97 Å². The van der Waals surface area contributed by atoms with E-state index in [1.165, 1.54) is 12.1 Å². The fraction of sp³-hybridized carbons (Fsp3) is 0.143. The molecule has 0 aliphatic heterocycles. The molecule has 1 aromatic rings. The number of aromatic carboxylic acids is 1. The molecule has 0 saturated carbocycles. The highest BCUT2D eigenvalue weighted by molar-refractivity contribution is 7.99. The fourth-order valence-corrected chi connectivity index (χ4v) is 1.25. The zero-order valence-corrected chi connectivity index (χ0v) is 7.34. The van der Waals surface area contributed by atoms with Gasteiger partial charge in [0.15, 0.2) is 5.09 Å². The van der Waals surface area contributed by atoms with Gasteiger partial charge in [0.2, 0.25) is 11.7 Å². The summed E-state index contributed by atoms with van der Waals surface area (Å²) in [4.78, 5) is 20.7. The van der Waals surface area contributed by atoms with Gasteiger partial charge in [0, 0.05) is 0 Å². The molecule has 0 atom stereocenters. The third-order valence-corrected chi connectivity index (χ3v) is 2.08. The van der Waals surface area contributed by atoms with Gasteiger partial charge < -0.3 is 15.3 Å². The molecule has 0 fully saturated rings. The van der Waals surface area contributed by atoms with Gasteiger partial charge in [0.25, 0.3) is 0 Å². The Morgan fingerprint density at radius 3 is 2.69 bits per heavy atom. The average molecular weight is 201 g/mol. The van der Waals surface area contributed by atoms with Crippen LogP contribution < -0.4 is 5.73 Å². The summed E-state index contributed by atoms with van der Waals surface area (Å²) in [6.07, 6.45) is 0. The Balaban J connectivity index is 2.59. The molecule has 1 rings (SSSR count). The number of carbonyl (C=O) groups is 2. The van der Waals surface area contributed by atoms with Crippen LogP contribution in [0.5, 0.6) is 0 Å². The minimum atomic E-state index is -1.13. The van der Waals surface area contributed by atoms with Crippen LogP contribution in [0.15, 0.2) is 21.6 Å². The molecular formula is C7H7NO4S. The molecule has 0 saturated heterocycles. The third-order valence-electron chi connectivity index (χ3n) is 1.15. The predicted molar refractivity (Wildman–Crippen MR) is 45.6 cm³/mol. The van der Waals surface area contributed by atoms with Crippen molar-refractivity contribution in [2.45, 2.75) is 5.09 Å². The van der Waals surface area contributed by atoms with Crippen molar-refractivity contribution in [3.05, 3.63) is 17.9 Å². The van der Waals surface area contributed by atoms with E-state index in [0.717, 1.165) is 11.8 Å². The molecule has 3 N–H and O–H groups in total. The van der Waals surface area contributed by atoms with Crippen molar-refractivity contribution in [2.75, 3.05) is 5.75 Å². The van der Waals surface area contributed by atoms with E-state index in [-0.39, 0.29) is 11.5 Å². The zero-order chi connectivity index (χ0) is 9.84. The monoisotopic (exact) mass is 201 g/mol. The van der Waals surface area contributed by atoms with Crippen LogP contribution in [0, 0.1) is 0 Å². The maximum absolute atomic E-state index is 10.4. The van der Waals surface area contributed by atoms with Crippen LogP contribution in [0.1, 0.15) is 10.6 Å². The van der Waals surface area contributed by atoms with Crippen LogP contribution in [0.4, 0.5) is 0 Å². The maximum Gasteiger partial charge on any atom is 0.371 e. The number of carboxylic acids is 1. The Morgan fingerprint density at radius 2 is 2.23 bits per heavy atom.